The molecule has 0 amide bonds. The highest BCUT2D eigenvalue weighted by molar-refractivity contribution is 5.94. The maximum absolute atomic E-state index is 13.8. The van der Waals surface area contributed by atoms with Crippen LogP contribution in [-0.4, -0.2) is 35.4 Å². The molecule has 0 radical (unpaired) electrons. The Bertz CT molecular complexity index is 436. The molecule has 2 rings (SSSR count). The number of benzene rings is 1. The molecule has 1 aliphatic heterocycles. The highest BCUT2D eigenvalue weighted by Gasteiger charge is 2.29. The molecule has 1 fully saturated rings. The van der Waals surface area contributed by atoms with Crippen LogP contribution in [0, 0.1) is 5.82 Å². The fourth-order valence-electron chi connectivity index (χ4n) is 2.30. The molecule has 2 N–H and O–H groups in total. The normalized spacial score (nSPS) is 19.6. The summed E-state index contributed by atoms with van der Waals surface area (Å²) in [5.74, 6) is -1.70. The van der Waals surface area contributed by atoms with E-state index in [2.05, 4.69) is 0 Å². The van der Waals surface area contributed by atoms with E-state index in [0.29, 0.717) is 6.54 Å². The molecule has 1 unspecified atom stereocenters. The van der Waals surface area contributed by atoms with Crippen LogP contribution in [0.5, 0.6) is 0 Å². The third kappa shape index (κ3) is 2.10. The van der Waals surface area contributed by atoms with Gasteiger partial charge in [0, 0.05) is 6.54 Å². The first-order valence-corrected chi connectivity index (χ1v) is 5.54. The summed E-state index contributed by atoms with van der Waals surface area (Å²) < 4.78 is 13.8. The topological polar surface area (TPSA) is 60.8 Å². The van der Waals surface area contributed by atoms with Crippen molar-refractivity contribution < 1.29 is 19.4 Å². The smallest absolute Gasteiger partial charge is 0.337 e. The van der Waals surface area contributed by atoms with Gasteiger partial charge < -0.3 is 15.1 Å². The number of aliphatic hydroxyl groups is 1. The van der Waals surface area contributed by atoms with Crippen molar-refractivity contribution in [2.75, 3.05) is 18.1 Å². The summed E-state index contributed by atoms with van der Waals surface area (Å²) in [5.41, 5.74) is 0.0434. The molecule has 4 nitrogen and oxygen atoms in total. The first kappa shape index (κ1) is 11.9. The maximum Gasteiger partial charge on any atom is 0.337 e. The number of rotatable bonds is 3. The molecule has 0 saturated carbocycles. The van der Waals surface area contributed by atoms with Gasteiger partial charge in [0.25, 0.3) is 0 Å². The van der Waals surface area contributed by atoms with Crippen LogP contribution in [-0.2, 0) is 0 Å². The molecular formula is C12H14FNO3. The summed E-state index contributed by atoms with van der Waals surface area (Å²) in [5, 5.41) is 18.3. The molecule has 1 saturated heterocycles. The molecule has 0 aliphatic carbocycles. The zero-order valence-electron chi connectivity index (χ0n) is 9.27. The monoisotopic (exact) mass is 239 g/mol. The molecule has 1 atom stereocenters. The van der Waals surface area contributed by atoms with Crippen molar-refractivity contribution in [3.8, 4) is 0 Å². The highest BCUT2D eigenvalue weighted by atomic mass is 19.1. The Labute approximate surface area is 98.3 Å². The van der Waals surface area contributed by atoms with E-state index in [1.807, 2.05) is 0 Å². The van der Waals surface area contributed by atoms with E-state index in [1.165, 1.54) is 18.2 Å². The third-order valence-electron chi connectivity index (χ3n) is 3.09. The van der Waals surface area contributed by atoms with E-state index in [0.717, 1.165) is 12.8 Å². The van der Waals surface area contributed by atoms with Gasteiger partial charge in [0.05, 0.1) is 23.9 Å². The minimum absolute atomic E-state index is 0.0506. The predicted molar refractivity (Wildman–Crippen MR) is 60.8 cm³/mol. The van der Waals surface area contributed by atoms with E-state index >= 15 is 0 Å². The van der Waals surface area contributed by atoms with Gasteiger partial charge in [0.1, 0.15) is 5.82 Å². The summed E-state index contributed by atoms with van der Waals surface area (Å²) >= 11 is 0. The second kappa shape index (κ2) is 4.71. The highest BCUT2D eigenvalue weighted by Crippen LogP contribution is 2.31. The average molecular weight is 239 g/mol. The van der Waals surface area contributed by atoms with Gasteiger partial charge in [0.15, 0.2) is 0 Å². The number of halogens is 1. The van der Waals surface area contributed by atoms with E-state index in [1.54, 1.807) is 4.90 Å². The van der Waals surface area contributed by atoms with Gasteiger partial charge in [-0.15, -0.1) is 0 Å². The Morgan fingerprint density at radius 3 is 2.94 bits per heavy atom. The van der Waals surface area contributed by atoms with Crippen molar-refractivity contribution in [3.63, 3.8) is 0 Å². The van der Waals surface area contributed by atoms with E-state index in [-0.39, 0.29) is 23.9 Å². The van der Waals surface area contributed by atoms with Gasteiger partial charge in [-0.25, -0.2) is 9.18 Å². The van der Waals surface area contributed by atoms with Crippen LogP contribution in [0.15, 0.2) is 18.2 Å². The summed E-state index contributed by atoms with van der Waals surface area (Å²) in [7, 11) is 0. The molecule has 0 bridgehead atoms. The maximum atomic E-state index is 13.8. The van der Waals surface area contributed by atoms with Crippen LogP contribution in [0.25, 0.3) is 0 Å². The fourth-order valence-corrected chi connectivity index (χ4v) is 2.30. The summed E-state index contributed by atoms with van der Waals surface area (Å²) in [4.78, 5) is 12.7. The molecule has 1 aliphatic rings. The summed E-state index contributed by atoms with van der Waals surface area (Å²) in [6.07, 6.45) is 1.59. The number of carboxylic acid groups (broad SMARTS) is 1. The Morgan fingerprint density at radius 2 is 2.29 bits per heavy atom. The number of hydrogen-bond donors (Lipinski definition) is 2. The van der Waals surface area contributed by atoms with Gasteiger partial charge in [0.2, 0.25) is 0 Å². The van der Waals surface area contributed by atoms with Crippen molar-refractivity contribution >= 4 is 11.7 Å². The molecule has 0 aromatic heterocycles. The molecule has 0 spiro atoms. The quantitative estimate of drug-likeness (QED) is 0.838. The summed E-state index contributed by atoms with van der Waals surface area (Å²) in [6, 6.07) is 3.82. The molecule has 92 valence electrons. The Morgan fingerprint density at radius 1 is 1.53 bits per heavy atom. The Balaban J connectivity index is 2.46. The van der Waals surface area contributed by atoms with E-state index in [9.17, 15) is 14.3 Å². The molecule has 1 heterocycles. The van der Waals surface area contributed by atoms with Crippen molar-refractivity contribution in [1.29, 1.82) is 0 Å². The molecule has 5 heteroatoms. The van der Waals surface area contributed by atoms with Crippen LogP contribution in [0.1, 0.15) is 23.2 Å². The van der Waals surface area contributed by atoms with Gasteiger partial charge in [-0.2, -0.15) is 0 Å². The zero-order valence-corrected chi connectivity index (χ0v) is 9.27. The molecule has 1 aromatic rings. The van der Waals surface area contributed by atoms with Crippen molar-refractivity contribution in [2.45, 2.75) is 18.9 Å². The van der Waals surface area contributed by atoms with Crippen LogP contribution in [0.2, 0.25) is 0 Å². The Kier molecular flexibility index (Phi) is 3.28. The number of aromatic carboxylic acids is 1. The lowest BCUT2D eigenvalue weighted by Crippen LogP contribution is -2.34. The third-order valence-corrected chi connectivity index (χ3v) is 3.09. The van der Waals surface area contributed by atoms with E-state index in [4.69, 9.17) is 5.11 Å². The lowest BCUT2D eigenvalue weighted by atomic mass is 10.1. The minimum atomic E-state index is -1.15. The fraction of sp³-hybridized carbons (Fsp3) is 0.417. The Hall–Kier alpha value is -1.62. The number of carboxylic acids is 1. The lowest BCUT2D eigenvalue weighted by Gasteiger charge is -2.27. The minimum Gasteiger partial charge on any atom is -0.478 e. The zero-order chi connectivity index (χ0) is 12.4. The van der Waals surface area contributed by atoms with Crippen LogP contribution < -0.4 is 4.90 Å². The lowest BCUT2D eigenvalue weighted by molar-refractivity contribution is 0.0697. The van der Waals surface area contributed by atoms with E-state index < -0.39 is 11.8 Å². The van der Waals surface area contributed by atoms with Gasteiger partial charge in [-0.05, 0) is 25.0 Å². The number of nitrogens with zero attached hydrogens (tertiary/aromatic N) is 1. The van der Waals surface area contributed by atoms with Crippen LogP contribution >= 0.6 is 0 Å². The number of carbonyl (C=O) groups is 1. The standard InChI is InChI=1S/C12H14FNO3/c13-10-5-1-4-9(12(16)17)11(10)14-6-2-3-8(14)7-15/h1,4-5,8,15H,2-3,6-7H2,(H,16,17). The number of para-hydroxylation sites is 1. The predicted octanol–water partition coefficient (Wildman–Crippen LogP) is 1.49. The molecule has 1 aromatic carbocycles. The van der Waals surface area contributed by atoms with Crippen LogP contribution in [0.4, 0.5) is 10.1 Å². The molecule has 17 heavy (non-hydrogen) atoms. The number of aliphatic hydroxyl groups excluding tert-OH is 1. The van der Waals surface area contributed by atoms with Crippen molar-refractivity contribution in [1.82, 2.24) is 0 Å². The number of hydrogen-bond acceptors (Lipinski definition) is 3. The first-order chi connectivity index (χ1) is 8.15. The van der Waals surface area contributed by atoms with Crippen molar-refractivity contribution in [3.05, 3.63) is 29.6 Å². The van der Waals surface area contributed by atoms with Gasteiger partial charge in [-0.1, -0.05) is 6.07 Å². The van der Waals surface area contributed by atoms with Gasteiger partial charge in [-0.3, -0.25) is 0 Å². The summed E-state index contributed by atoms with van der Waals surface area (Å²) in [6.45, 7) is 0.486. The average Bonchev–Trinajstić information content (AvgIpc) is 2.76. The SMILES string of the molecule is O=C(O)c1cccc(F)c1N1CCCC1CO. The first-order valence-electron chi connectivity index (χ1n) is 5.54. The van der Waals surface area contributed by atoms with Gasteiger partial charge >= 0.3 is 5.97 Å². The number of anilines is 1. The second-order valence-corrected chi connectivity index (χ2v) is 4.11. The van der Waals surface area contributed by atoms with Crippen molar-refractivity contribution in [2.24, 2.45) is 0 Å². The van der Waals surface area contributed by atoms with Crippen LogP contribution in [0.3, 0.4) is 0 Å². The second-order valence-electron chi connectivity index (χ2n) is 4.11. The molecular weight excluding hydrogens is 225 g/mol. The largest absolute Gasteiger partial charge is 0.478 e.